The predicted octanol–water partition coefficient (Wildman–Crippen LogP) is 2.95. The Morgan fingerprint density at radius 1 is 1.47 bits per heavy atom. The second-order valence-corrected chi connectivity index (χ2v) is 6.11. The van der Waals surface area contributed by atoms with Gasteiger partial charge in [0.1, 0.15) is 0 Å². The summed E-state index contributed by atoms with van der Waals surface area (Å²) in [5, 5.41) is 0. The first-order chi connectivity index (χ1) is 9.16. The van der Waals surface area contributed by atoms with Crippen LogP contribution >= 0.6 is 15.9 Å². The van der Waals surface area contributed by atoms with Crippen LogP contribution in [-0.4, -0.2) is 37.2 Å². The van der Waals surface area contributed by atoms with Gasteiger partial charge in [0.15, 0.2) is 0 Å². The highest BCUT2D eigenvalue weighted by Gasteiger charge is 2.16. The average Bonchev–Trinajstić information content (AvgIpc) is 2.61. The van der Waals surface area contributed by atoms with E-state index in [1.807, 2.05) is 12.1 Å². The van der Waals surface area contributed by atoms with E-state index in [2.05, 4.69) is 39.9 Å². The smallest absolute Gasteiger partial charge is 0.0673 e. The Labute approximate surface area is 124 Å². The van der Waals surface area contributed by atoms with Crippen molar-refractivity contribution < 1.29 is 4.74 Å². The van der Waals surface area contributed by atoms with Gasteiger partial charge in [-0.2, -0.15) is 0 Å². The highest BCUT2D eigenvalue weighted by atomic mass is 79.9. The highest BCUT2D eigenvalue weighted by molar-refractivity contribution is 9.10. The molecule has 2 unspecified atom stereocenters. The van der Waals surface area contributed by atoms with E-state index in [-0.39, 0.29) is 6.04 Å². The third kappa shape index (κ3) is 4.56. The third-order valence-electron chi connectivity index (χ3n) is 3.60. The normalized spacial score (nSPS) is 23.0. The van der Waals surface area contributed by atoms with Crippen LogP contribution in [0.5, 0.6) is 0 Å². The topological polar surface area (TPSA) is 38.5 Å². The number of nitrogens with two attached hydrogens (primary N) is 1. The van der Waals surface area contributed by atoms with Crippen LogP contribution in [0.1, 0.15) is 31.4 Å². The van der Waals surface area contributed by atoms with Crippen molar-refractivity contribution in [1.29, 1.82) is 0 Å². The molecule has 1 fully saturated rings. The molecule has 106 valence electrons. The number of halogens is 1. The average molecular weight is 327 g/mol. The van der Waals surface area contributed by atoms with E-state index >= 15 is 0 Å². The molecule has 0 aromatic heterocycles. The van der Waals surface area contributed by atoms with E-state index < -0.39 is 0 Å². The second-order valence-electron chi connectivity index (χ2n) is 5.25. The fourth-order valence-electron chi connectivity index (χ4n) is 2.54. The van der Waals surface area contributed by atoms with Gasteiger partial charge < -0.3 is 15.4 Å². The Bertz CT molecular complexity index is 399. The number of benzene rings is 1. The first-order valence-corrected chi connectivity index (χ1v) is 7.80. The Balaban J connectivity index is 1.86. The fraction of sp³-hybridized carbons (Fsp3) is 0.600. The third-order valence-corrected chi connectivity index (χ3v) is 4.32. The summed E-state index contributed by atoms with van der Waals surface area (Å²) in [6.45, 7) is 6.20. The van der Waals surface area contributed by atoms with E-state index in [0.717, 1.165) is 43.6 Å². The van der Waals surface area contributed by atoms with E-state index in [4.69, 9.17) is 10.5 Å². The van der Waals surface area contributed by atoms with Crippen molar-refractivity contribution in [1.82, 2.24) is 4.90 Å². The summed E-state index contributed by atoms with van der Waals surface area (Å²) >= 11 is 3.57. The molecule has 0 aliphatic carbocycles. The molecular formula is C15H23BrN2O. The zero-order valence-electron chi connectivity index (χ0n) is 11.5. The van der Waals surface area contributed by atoms with Gasteiger partial charge in [-0.25, -0.2) is 0 Å². The Hall–Kier alpha value is -0.420. The Morgan fingerprint density at radius 2 is 2.26 bits per heavy atom. The maximum absolute atomic E-state index is 6.30. The lowest BCUT2D eigenvalue weighted by atomic mass is 10.0. The van der Waals surface area contributed by atoms with Crippen molar-refractivity contribution in [3.63, 3.8) is 0 Å². The van der Waals surface area contributed by atoms with Crippen molar-refractivity contribution in [2.24, 2.45) is 5.73 Å². The Morgan fingerprint density at radius 3 is 3.05 bits per heavy atom. The highest BCUT2D eigenvalue weighted by Crippen LogP contribution is 2.24. The molecule has 1 saturated heterocycles. The quantitative estimate of drug-likeness (QED) is 0.924. The van der Waals surface area contributed by atoms with Crippen LogP contribution in [0, 0.1) is 0 Å². The van der Waals surface area contributed by atoms with Crippen LogP contribution in [0.3, 0.4) is 0 Å². The summed E-state index contributed by atoms with van der Waals surface area (Å²) in [4.78, 5) is 2.47. The lowest BCUT2D eigenvalue weighted by Crippen LogP contribution is -2.32. The molecule has 1 aliphatic heterocycles. The summed E-state index contributed by atoms with van der Waals surface area (Å²) in [7, 11) is 0. The summed E-state index contributed by atoms with van der Waals surface area (Å²) in [5.74, 6) is 0. The minimum absolute atomic E-state index is 0.0926. The van der Waals surface area contributed by atoms with Crippen molar-refractivity contribution in [2.45, 2.75) is 31.9 Å². The molecule has 1 heterocycles. The molecule has 4 heteroatoms. The second kappa shape index (κ2) is 7.39. The molecule has 1 aromatic rings. The van der Waals surface area contributed by atoms with Crippen LogP contribution in [0.25, 0.3) is 0 Å². The van der Waals surface area contributed by atoms with Crippen molar-refractivity contribution in [2.75, 3.05) is 26.2 Å². The molecule has 0 amide bonds. The van der Waals surface area contributed by atoms with Crippen LogP contribution in [0.4, 0.5) is 0 Å². The molecule has 19 heavy (non-hydrogen) atoms. The molecular weight excluding hydrogens is 304 g/mol. The van der Waals surface area contributed by atoms with Gasteiger partial charge in [0.2, 0.25) is 0 Å². The van der Waals surface area contributed by atoms with Gasteiger partial charge in [0.05, 0.1) is 6.10 Å². The minimum atomic E-state index is 0.0926. The molecule has 2 rings (SSSR count). The maximum Gasteiger partial charge on any atom is 0.0673 e. The molecule has 0 radical (unpaired) electrons. The molecule has 2 atom stereocenters. The zero-order chi connectivity index (χ0) is 13.7. The molecule has 1 aliphatic rings. The molecule has 1 aromatic carbocycles. The van der Waals surface area contributed by atoms with Gasteiger partial charge in [0, 0.05) is 36.8 Å². The van der Waals surface area contributed by atoms with Gasteiger partial charge in [-0.15, -0.1) is 0 Å². The number of hydrogen-bond donors (Lipinski definition) is 1. The molecule has 0 spiro atoms. The van der Waals surface area contributed by atoms with Crippen LogP contribution in [-0.2, 0) is 4.74 Å². The lowest BCUT2D eigenvalue weighted by molar-refractivity contribution is 0.0674. The van der Waals surface area contributed by atoms with Gasteiger partial charge >= 0.3 is 0 Å². The van der Waals surface area contributed by atoms with Crippen LogP contribution in [0.2, 0.25) is 0 Å². The van der Waals surface area contributed by atoms with E-state index in [0.29, 0.717) is 6.10 Å². The largest absolute Gasteiger partial charge is 0.377 e. The number of nitrogens with zero attached hydrogens (tertiary/aromatic N) is 1. The predicted molar refractivity (Wildman–Crippen MR) is 82.2 cm³/mol. The first kappa shape index (κ1) is 15.0. The summed E-state index contributed by atoms with van der Waals surface area (Å²) in [6.07, 6.45) is 2.44. The van der Waals surface area contributed by atoms with E-state index in [9.17, 15) is 0 Å². The number of ether oxygens (including phenoxy) is 1. The van der Waals surface area contributed by atoms with Gasteiger partial charge in [0.25, 0.3) is 0 Å². The standard InChI is InChI=1S/C15H23BrN2O/c1-12-11-18(8-4-10-19-12)9-7-15(17)13-5-2-3-6-14(13)16/h2-3,5-6,12,15H,4,7-11,17H2,1H3. The van der Waals surface area contributed by atoms with Crippen molar-refractivity contribution in [3.05, 3.63) is 34.3 Å². The molecule has 3 nitrogen and oxygen atoms in total. The molecule has 0 saturated carbocycles. The number of rotatable bonds is 4. The Kier molecular flexibility index (Phi) is 5.82. The number of hydrogen-bond acceptors (Lipinski definition) is 3. The van der Waals surface area contributed by atoms with Gasteiger partial charge in [-0.05, 0) is 31.4 Å². The molecule has 2 N–H and O–H groups in total. The fourth-order valence-corrected chi connectivity index (χ4v) is 3.12. The van der Waals surface area contributed by atoms with Crippen molar-refractivity contribution >= 4 is 15.9 Å². The maximum atomic E-state index is 6.30. The van der Waals surface area contributed by atoms with E-state index in [1.54, 1.807) is 0 Å². The lowest BCUT2D eigenvalue weighted by Gasteiger charge is -2.23. The van der Waals surface area contributed by atoms with Gasteiger partial charge in [-0.3, -0.25) is 0 Å². The zero-order valence-corrected chi connectivity index (χ0v) is 13.1. The minimum Gasteiger partial charge on any atom is -0.377 e. The first-order valence-electron chi connectivity index (χ1n) is 7.01. The van der Waals surface area contributed by atoms with Crippen molar-refractivity contribution in [3.8, 4) is 0 Å². The summed E-state index contributed by atoms with van der Waals surface area (Å²) < 4.78 is 6.77. The van der Waals surface area contributed by atoms with E-state index in [1.165, 1.54) is 5.56 Å². The van der Waals surface area contributed by atoms with Gasteiger partial charge in [-0.1, -0.05) is 34.1 Å². The SMILES string of the molecule is CC1CN(CCC(N)c2ccccc2Br)CCCO1. The summed E-state index contributed by atoms with van der Waals surface area (Å²) in [6, 6.07) is 8.31. The monoisotopic (exact) mass is 326 g/mol. The van der Waals surface area contributed by atoms with Crippen LogP contribution in [0.15, 0.2) is 28.7 Å². The van der Waals surface area contributed by atoms with Crippen LogP contribution < -0.4 is 5.73 Å². The molecule has 0 bridgehead atoms. The summed E-state index contributed by atoms with van der Waals surface area (Å²) in [5.41, 5.74) is 7.49.